The summed E-state index contributed by atoms with van der Waals surface area (Å²) in [5.74, 6) is -2.59. The molecule has 0 bridgehead atoms. The van der Waals surface area contributed by atoms with Gasteiger partial charge in [-0.3, -0.25) is 19.7 Å². The predicted molar refractivity (Wildman–Crippen MR) is 105 cm³/mol. The number of para-hydroxylation sites is 1. The number of carbonyl (C=O) groups excluding carboxylic acids is 3. The van der Waals surface area contributed by atoms with E-state index in [4.69, 9.17) is 9.15 Å². The van der Waals surface area contributed by atoms with E-state index in [2.05, 4.69) is 11.9 Å². The minimum Gasteiger partial charge on any atom is -0.468 e. The molecule has 2 fully saturated rings. The van der Waals surface area contributed by atoms with E-state index in [1.807, 2.05) is 6.07 Å². The van der Waals surface area contributed by atoms with Crippen molar-refractivity contribution in [1.82, 2.24) is 5.32 Å². The molecule has 150 valence electrons. The standard InChI is InChI=1S/C22H22N2O5/c1-3-12-22(21(27)28-4-2)17-16(18(23-22)15-11-8-13-29-15)19(25)24(20(17)26)14-9-6-5-7-10-14/h3,5-11,13,16-18,23H,1,4,12H2,2H3/t16-,17-,18-,22-/m1/s1. The first-order valence-electron chi connectivity index (χ1n) is 9.57. The Balaban J connectivity index is 1.85. The van der Waals surface area contributed by atoms with Crippen LogP contribution >= 0.6 is 0 Å². The molecule has 0 aliphatic carbocycles. The lowest BCUT2D eigenvalue weighted by Crippen LogP contribution is -2.56. The van der Waals surface area contributed by atoms with Crippen molar-refractivity contribution in [2.75, 3.05) is 11.5 Å². The Morgan fingerprint density at radius 3 is 2.62 bits per heavy atom. The molecule has 29 heavy (non-hydrogen) atoms. The number of fused-ring (bicyclic) bond motifs is 1. The lowest BCUT2D eigenvalue weighted by Gasteiger charge is -2.31. The van der Waals surface area contributed by atoms with Gasteiger partial charge in [-0.1, -0.05) is 24.3 Å². The molecule has 3 heterocycles. The Bertz CT molecular complexity index is 939. The molecule has 2 aliphatic rings. The van der Waals surface area contributed by atoms with Crippen LogP contribution in [0.5, 0.6) is 0 Å². The van der Waals surface area contributed by atoms with Crippen LogP contribution in [-0.2, 0) is 19.1 Å². The van der Waals surface area contributed by atoms with Crippen LogP contribution in [0.3, 0.4) is 0 Å². The monoisotopic (exact) mass is 394 g/mol. The zero-order valence-corrected chi connectivity index (χ0v) is 16.0. The van der Waals surface area contributed by atoms with E-state index in [0.717, 1.165) is 0 Å². The Labute approximate surface area is 168 Å². The van der Waals surface area contributed by atoms with Crippen molar-refractivity contribution in [2.45, 2.75) is 24.9 Å². The number of nitrogens with zero attached hydrogens (tertiary/aromatic N) is 1. The van der Waals surface area contributed by atoms with Crippen LogP contribution in [0.15, 0.2) is 65.8 Å². The first kappa shape index (κ1) is 19.1. The fraction of sp³-hybridized carbons (Fsp3) is 0.318. The van der Waals surface area contributed by atoms with Crippen molar-refractivity contribution in [1.29, 1.82) is 0 Å². The molecule has 0 radical (unpaired) electrons. The summed E-state index contributed by atoms with van der Waals surface area (Å²) in [5.41, 5.74) is -0.915. The van der Waals surface area contributed by atoms with Crippen LogP contribution < -0.4 is 10.2 Å². The summed E-state index contributed by atoms with van der Waals surface area (Å²) in [6.07, 6.45) is 3.21. The van der Waals surface area contributed by atoms with E-state index >= 15 is 0 Å². The van der Waals surface area contributed by atoms with Gasteiger partial charge in [0.05, 0.1) is 36.4 Å². The van der Waals surface area contributed by atoms with Crippen molar-refractivity contribution in [3.63, 3.8) is 0 Å². The number of esters is 1. The molecule has 1 aromatic carbocycles. The molecule has 0 saturated carbocycles. The number of rotatable bonds is 6. The van der Waals surface area contributed by atoms with Gasteiger partial charge in [-0.05, 0) is 37.6 Å². The number of hydrogen-bond donors (Lipinski definition) is 1. The number of ether oxygens (including phenoxy) is 1. The third-order valence-corrected chi connectivity index (χ3v) is 5.62. The van der Waals surface area contributed by atoms with Gasteiger partial charge in [0, 0.05) is 0 Å². The first-order valence-corrected chi connectivity index (χ1v) is 9.57. The third-order valence-electron chi connectivity index (χ3n) is 5.62. The first-order chi connectivity index (χ1) is 14.0. The number of furan rings is 1. The molecule has 2 saturated heterocycles. The number of nitrogens with one attached hydrogen (secondary N) is 1. The second-order valence-corrected chi connectivity index (χ2v) is 7.17. The van der Waals surface area contributed by atoms with Gasteiger partial charge in [0.1, 0.15) is 11.3 Å². The van der Waals surface area contributed by atoms with Gasteiger partial charge in [-0.25, -0.2) is 4.90 Å². The van der Waals surface area contributed by atoms with Crippen LogP contribution in [0.2, 0.25) is 0 Å². The maximum atomic E-state index is 13.5. The highest BCUT2D eigenvalue weighted by Gasteiger charge is 2.69. The molecular weight excluding hydrogens is 372 g/mol. The lowest BCUT2D eigenvalue weighted by atomic mass is 9.78. The predicted octanol–water partition coefficient (Wildman–Crippen LogP) is 2.61. The molecule has 7 heteroatoms. The Hall–Kier alpha value is -3.19. The summed E-state index contributed by atoms with van der Waals surface area (Å²) in [4.78, 5) is 41.2. The summed E-state index contributed by atoms with van der Waals surface area (Å²) in [6.45, 7) is 5.62. The highest BCUT2D eigenvalue weighted by atomic mass is 16.5. The number of carbonyl (C=O) groups is 3. The summed E-state index contributed by atoms with van der Waals surface area (Å²) in [5, 5.41) is 3.22. The molecule has 4 rings (SSSR count). The topological polar surface area (TPSA) is 88.8 Å². The van der Waals surface area contributed by atoms with Crippen molar-refractivity contribution in [3.05, 3.63) is 67.1 Å². The molecule has 0 spiro atoms. The molecule has 0 unspecified atom stereocenters. The van der Waals surface area contributed by atoms with Crippen LogP contribution in [-0.4, -0.2) is 29.9 Å². The average molecular weight is 394 g/mol. The molecule has 1 N–H and O–H groups in total. The van der Waals surface area contributed by atoms with Gasteiger partial charge in [0.2, 0.25) is 11.8 Å². The molecule has 2 aliphatic heterocycles. The number of benzene rings is 1. The maximum absolute atomic E-state index is 13.5. The second kappa shape index (κ2) is 7.33. The summed E-state index contributed by atoms with van der Waals surface area (Å²) in [6, 6.07) is 11.5. The SMILES string of the molecule is C=CC[C@@]1(C(=O)OCC)N[C@H](c2ccco2)[C@@H]2C(=O)N(c3ccccc3)C(=O)[C@@H]21. The largest absolute Gasteiger partial charge is 0.468 e. The van der Waals surface area contributed by atoms with E-state index in [-0.39, 0.29) is 18.9 Å². The van der Waals surface area contributed by atoms with E-state index in [0.29, 0.717) is 11.4 Å². The van der Waals surface area contributed by atoms with Gasteiger partial charge >= 0.3 is 5.97 Å². The summed E-state index contributed by atoms with van der Waals surface area (Å²) < 4.78 is 10.9. The van der Waals surface area contributed by atoms with Crippen LogP contribution in [0.25, 0.3) is 0 Å². The summed E-state index contributed by atoms with van der Waals surface area (Å²) >= 11 is 0. The Morgan fingerprint density at radius 2 is 2.00 bits per heavy atom. The minimum absolute atomic E-state index is 0.145. The van der Waals surface area contributed by atoms with E-state index in [1.165, 1.54) is 11.2 Å². The van der Waals surface area contributed by atoms with Crippen LogP contribution in [0, 0.1) is 11.8 Å². The number of anilines is 1. The average Bonchev–Trinajstić information content (AvgIpc) is 3.41. The van der Waals surface area contributed by atoms with Gasteiger partial charge in [0.25, 0.3) is 0 Å². The maximum Gasteiger partial charge on any atom is 0.327 e. The fourth-order valence-electron chi connectivity index (χ4n) is 4.49. The van der Waals surface area contributed by atoms with Crippen molar-refractivity contribution < 1.29 is 23.5 Å². The van der Waals surface area contributed by atoms with Gasteiger partial charge in [-0.15, -0.1) is 6.58 Å². The molecule has 2 amide bonds. The van der Waals surface area contributed by atoms with Crippen molar-refractivity contribution in [3.8, 4) is 0 Å². The molecule has 7 nitrogen and oxygen atoms in total. The van der Waals surface area contributed by atoms with Gasteiger partial charge in [-0.2, -0.15) is 0 Å². The zero-order valence-electron chi connectivity index (χ0n) is 16.0. The number of imide groups is 1. The third kappa shape index (κ3) is 2.81. The van der Waals surface area contributed by atoms with E-state index in [1.54, 1.807) is 49.4 Å². The highest BCUT2D eigenvalue weighted by molar-refractivity contribution is 6.24. The Kier molecular flexibility index (Phi) is 4.84. The molecule has 1 aromatic heterocycles. The smallest absolute Gasteiger partial charge is 0.327 e. The van der Waals surface area contributed by atoms with Crippen molar-refractivity contribution >= 4 is 23.5 Å². The van der Waals surface area contributed by atoms with Gasteiger partial charge < -0.3 is 9.15 Å². The number of hydrogen-bond acceptors (Lipinski definition) is 6. The van der Waals surface area contributed by atoms with Crippen molar-refractivity contribution in [2.24, 2.45) is 11.8 Å². The quantitative estimate of drug-likeness (QED) is 0.460. The van der Waals surface area contributed by atoms with E-state index < -0.39 is 35.3 Å². The molecule has 4 atom stereocenters. The zero-order chi connectivity index (χ0) is 20.6. The van der Waals surface area contributed by atoms with Gasteiger partial charge in [0.15, 0.2) is 0 Å². The number of amides is 2. The summed E-state index contributed by atoms with van der Waals surface area (Å²) in [7, 11) is 0. The second-order valence-electron chi connectivity index (χ2n) is 7.17. The van der Waals surface area contributed by atoms with Crippen LogP contribution in [0.4, 0.5) is 5.69 Å². The fourth-order valence-corrected chi connectivity index (χ4v) is 4.49. The minimum atomic E-state index is -1.39. The van der Waals surface area contributed by atoms with Crippen LogP contribution in [0.1, 0.15) is 25.1 Å². The Morgan fingerprint density at radius 1 is 1.24 bits per heavy atom. The highest BCUT2D eigenvalue weighted by Crippen LogP contribution is 2.51. The molecule has 2 aromatic rings. The normalized spacial score (nSPS) is 28.4. The van der Waals surface area contributed by atoms with E-state index in [9.17, 15) is 14.4 Å². The lowest BCUT2D eigenvalue weighted by molar-refractivity contribution is -0.154. The molecular formula is C22H22N2O5.